The highest BCUT2D eigenvalue weighted by Crippen LogP contribution is 2.26. The molecule has 0 aliphatic carbocycles. The minimum Gasteiger partial charge on any atom is -0.493 e. The van der Waals surface area contributed by atoms with Crippen molar-refractivity contribution in [2.24, 2.45) is 0 Å². The lowest BCUT2D eigenvalue weighted by atomic mass is 10.1. The largest absolute Gasteiger partial charge is 0.493 e. The van der Waals surface area contributed by atoms with E-state index in [2.05, 4.69) is 6.07 Å². The molecule has 1 saturated heterocycles. The van der Waals surface area contributed by atoms with Gasteiger partial charge >= 0.3 is 6.09 Å². The molecule has 0 aromatic heterocycles. The summed E-state index contributed by atoms with van der Waals surface area (Å²) in [6, 6.07) is 5.96. The van der Waals surface area contributed by atoms with Crippen molar-refractivity contribution < 1.29 is 19.1 Å². The molecule has 0 N–H and O–H groups in total. The van der Waals surface area contributed by atoms with Gasteiger partial charge in [0.2, 0.25) is 5.91 Å². The Balaban J connectivity index is 1.53. The Morgan fingerprint density at radius 3 is 2.71 bits per heavy atom. The van der Waals surface area contributed by atoms with E-state index in [0.29, 0.717) is 32.8 Å². The summed E-state index contributed by atoms with van der Waals surface area (Å²) < 4.78 is 10.5. The molecule has 0 unspecified atom stereocenters. The molecule has 6 heteroatoms. The van der Waals surface area contributed by atoms with Gasteiger partial charge in [-0.25, -0.2) is 4.79 Å². The zero-order valence-electron chi connectivity index (χ0n) is 13.9. The van der Waals surface area contributed by atoms with Gasteiger partial charge < -0.3 is 19.3 Å². The van der Waals surface area contributed by atoms with Crippen LogP contribution in [0.15, 0.2) is 24.3 Å². The maximum atomic E-state index is 12.3. The molecule has 1 fully saturated rings. The molecule has 0 saturated carbocycles. The minimum absolute atomic E-state index is 0.0322. The van der Waals surface area contributed by atoms with Crippen LogP contribution in [0.25, 0.3) is 6.08 Å². The minimum atomic E-state index is -0.305. The third-order valence-electron chi connectivity index (χ3n) is 4.25. The van der Waals surface area contributed by atoms with Gasteiger partial charge in [0.25, 0.3) is 0 Å². The van der Waals surface area contributed by atoms with E-state index >= 15 is 0 Å². The Morgan fingerprint density at radius 1 is 1.21 bits per heavy atom. The van der Waals surface area contributed by atoms with Crippen LogP contribution in [0, 0.1) is 0 Å². The Hall–Kier alpha value is -2.50. The van der Waals surface area contributed by atoms with Crippen molar-refractivity contribution in [1.29, 1.82) is 0 Å². The molecule has 2 aliphatic heterocycles. The fraction of sp³-hybridized carbons (Fsp3) is 0.444. The Kier molecular flexibility index (Phi) is 5.03. The number of hydrogen-bond donors (Lipinski definition) is 0. The monoisotopic (exact) mass is 330 g/mol. The first-order valence-electron chi connectivity index (χ1n) is 8.32. The van der Waals surface area contributed by atoms with E-state index in [4.69, 9.17) is 9.47 Å². The number of piperazine rings is 1. The van der Waals surface area contributed by atoms with Crippen molar-refractivity contribution in [1.82, 2.24) is 9.80 Å². The van der Waals surface area contributed by atoms with Crippen LogP contribution in [0.1, 0.15) is 18.1 Å². The van der Waals surface area contributed by atoms with E-state index in [-0.39, 0.29) is 12.0 Å². The fourth-order valence-corrected chi connectivity index (χ4v) is 2.91. The normalized spacial score (nSPS) is 16.9. The zero-order valence-corrected chi connectivity index (χ0v) is 13.9. The Labute approximate surface area is 141 Å². The second kappa shape index (κ2) is 7.38. The van der Waals surface area contributed by atoms with Gasteiger partial charge in [-0.15, -0.1) is 0 Å². The predicted octanol–water partition coefficient (Wildman–Crippen LogP) is 1.94. The van der Waals surface area contributed by atoms with E-state index in [1.807, 2.05) is 18.2 Å². The lowest BCUT2D eigenvalue weighted by molar-refractivity contribution is -0.127. The Bertz CT molecular complexity index is 648. The second-order valence-electron chi connectivity index (χ2n) is 5.81. The van der Waals surface area contributed by atoms with Gasteiger partial charge in [0.15, 0.2) is 0 Å². The quantitative estimate of drug-likeness (QED) is 0.795. The molecule has 0 radical (unpaired) electrons. The average Bonchev–Trinajstić information content (AvgIpc) is 3.07. The maximum absolute atomic E-state index is 12.3. The SMILES string of the molecule is CCOC(=O)N1CCN(C(=O)/C=C/c2ccc3c(c2)CCO3)CC1. The van der Waals surface area contributed by atoms with Crippen molar-refractivity contribution in [2.45, 2.75) is 13.3 Å². The summed E-state index contributed by atoms with van der Waals surface area (Å²) in [5.41, 5.74) is 2.19. The van der Waals surface area contributed by atoms with E-state index in [9.17, 15) is 9.59 Å². The molecule has 6 nitrogen and oxygen atoms in total. The van der Waals surface area contributed by atoms with E-state index in [1.54, 1.807) is 22.8 Å². The molecule has 0 bridgehead atoms. The average molecular weight is 330 g/mol. The van der Waals surface area contributed by atoms with Crippen LogP contribution in [0.3, 0.4) is 0 Å². The number of fused-ring (bicyclic) bond motifs is 1. The van der Waals surface area contributed by atoms with Crippen LogP contribution >= 0.6 is 0 Å². The molecule has 1 aromatic rings. The maximum Gasteiger partial charge on any atom is 0.409 e. The van der Waals surface area contributed by atoms with E-state index in [0.717, 1.165) is 24.3 Å². The lowest BCUT2D eigenvalue weighted by Gasteiger charge is -2.33. The highest BCUT2D eigenvalue weighted by atomic mass is 16.6. The summed E-state index contributed by atoms with van der Waals surface area (Å²) in [7, 11) is 0. The fourth-order valence-electron chi connectivity index (χ4n) is 2.91. The van der Waals surface area contributed by atoms with Gasteiger partial charge in [-0.1, -0.05) is 6.07 Å². The summed E-state index contributed by atoms with van der Waals surface area (Å²) in [6.07, 6.45) is 4.04. The summed E-state index contributed by atoms with van der Waals surface area (Å²) in [4.78, 5) is 27.3. The number of amides is 2. The van der Waals surface area contributed by atoms with Crippen LogP contribution in [0.5, 0.6) is 5.75 Å². The standard InChI is InChI=1S/C18H22N2O4/c1-2-23-18(22)20-10-8-19(9-11-20)17(21)6-4-14-3-5-16-15(13-14)7-12-24-16/h3-6,13H,2,7-12H2,1H3/b6-4+. The van der Waals surface area contributed by atoms with Crippen molar-refractivity contribution in [3.8, 4) is 5.75 Å². The van der Waals surface area contributed by atoms with Crippen LogP contribution in [0.2, 0.25) is 0 Å². The molecule has 24 heavy (non-hydrogen) atoms. The van der Waals surface area contributed by atoms with Crippen LogP contribution in [-0.2, 0) is 16.0 Å². The van der Waals surface area contributed by atoms with Gasteiger partial charge in [0.05, 0.1) is 13.2 Å². The number of nitrogens with zero attached hydrogens (tertiary/aromatic N) is 2. The van der Waals surface area contributed by atoms with Crippen LogP contribution in [0.4, 0.5) is 4.79 Å². The summed E-state index contributed by atoms with van der Waals surface area (Å²) in [5, 5.41) is 0. The van der Waals surface area contributed by atoms with Crippen LogP contribution in [-0.4, -0.2) is 61.2 Å². The molecule has 3 rings (SSSR count). The Morgan fingerprint density at radius 2 is 1.96 bits per heavy atom. The first-order chi connectivity index (χ1) is 11.7. The van der Waals surface area contributed by atoms with E-state index in [1.165, 1.54) is 5.56 Å². The highest BCUT2D eigenvalue weighted by Gasteiger charge is 2.23. The molecular formula is C18H22N2O4. The number of hydrogen-bond acceptors (Lipinski definition) is 4. The number of benzene rings is 1. The van der Waals surface area contributed by atoms with Crippen molar-refractivity contribution in [3.63, 3.8) is 0 Å². The number of carbonyl (C=O) groups excluding carboxylic acids is 2. The van der Waals surface area contributed by atoms with Gasteiger partial charge in [0.1, 0.15) is 5.75 Å². The molecular weight excluding hydrogens is 308 g/mol. The van der Waals surface area contributed by atoms with Crippen molar-refractivity contribution >= 4 is 18.1 Å². The second-order valence-corrected chi connectivity index (χ2v) is 5.81. The van der Waals surface area contributed by atoms with Gasteiger partial charge in [-0.3, -0.25) is 4.79 Å². The zero-order chi connectivity index (χ0) is 16.9. The molecule has 2 amide bonds. The number of carbonyl (C=O) groups is 2. The third-order valence-corrected chi connectivity index (χ3v) is 4.25. The first kappa shape index (κ1) is 16.4. The van der Waals surface area contributed by atoms with Gasteiger partial charge in [-0.2, -0.15) is 0 Å². The summed E-state index contributed by atoms with van der Waals surface area (Å²) in [5.74, 6) is 0.906. The summed E-state index contributed by atoms with van der Waals surface area (Å²) >= 11 is 0. The third kappa shape index (κ3) is 3.69. The molecule has 0 spiro atoms. The van der Waals surface area contributed by atoms with E-state index < -0.39 is 0 Å². The first-order valence-corrected chi connectivity index (χ1v) is 8.32. The smallest absolute Gasteiger partial charge is 0.409 e. The number of ether oxygens (including phenoxy) is 2. The molecule has 1 aromatic carbocycles. The lowest BCUT2D eigenvalue weighted by Crippen LogP contribution is -2.50. The van der Waals surface area contributed by atoms with Crippen LogP contribution < -0.4 is 4.74 Å². The molecule has 2 heterocycles. The predicted molar refractivity (Wildman–Crippen MR) is 89.9 cm³/mol. The highest BCUT2D eigenvalue weighted by molar-refractivity contribution is 5.92. The summed E-state index contributed by atoms with van der Waals surface area (Å²) in [6.45, 7) is 4.95. The molecule has 2 aliphatic rings. The van der Waals surface area contributed by atoms with Crippen molar-refractivity contribution in [3.05, 3.63) is 35.4 Å². The number of rotatable bonds is 3. The van der Waals surface area contributed by atoms with Gasteiger partial charge in [0, 0.05) is 38.7 Å². The van der Waals surface area contributed by atoms with Gasteiger partial charge in [-0.05, 0) is 36.3 Å². The molecule has 128 valence electrons. The van der Waals surface area contributed by atoms with Crippen molar-refractivity contribution in [2.75, 3.05) is 39.4 Å². The topological polar surface area (TPSA) is 59.1 Å². The molecule has 0 atom stereocenters.